The van der Waals surface area contributed by atoms with Crippen LogP contribution in [0.2, 0.25) is 0 Å². The summed E-state index contributed by atoms with van der Waals surface area (Å²) in [5.41, 5.74) is 1.83. The molecule has 0 heterocycles. The minimum atomic E-state index is -0.319. The van der Waals surface area contributed by atoms with Crippen LogP contribution in [0.4, 0.5) is 5.69 Å². The van der Waals surface area contributed by atoms with Gasteiger partial charge in [-0.15, -0.1) is 11.6 Å². The second kappa shape index (κ2) is 6.30. The summed E-state index contributed by atoms with van der Waals surface area (Å²) in [6, 6.07) is 11.8. The average Bonchev–Trinajstić information content (AvgIpc) is 2.47. The van der Waals surface area contributed by atoms with Crippen LogP contribution in [0.3, 0.4) is 0 Å². The summed E-state index contributed by atoms with van der Waals surface area (Å²) in [5.74, 6) is 0.235. The lowest BCUT2D eigenvalue weighted by Crippen LogP contribution is -2.13. The van der Waals surface area contributed by atoms with Crippen molar-refractivity contribution in [1.29, 1.82) is 0 Å². The summed E-state index contributed by atoms with van der Waals surface area (Å²) < 4.78 is 4.94. The largest absolute Gasteiger partial charge is 0.504 e. The van der Waals surface area contributed by atoms with Gasteiger partial charge in [0.2, 0.25) is 0 Å². The molecule has 20 heavy (non-hydrogen) atoms. The van der Waals surface area contributed by atoms with Crippen molar-refractivity contribution in [2.24, 2.45) is 0 Å². The normalized spacial score (nSPS) is 10.1. The third-order valence-electron chi connectivity index (χ3n) is 2.85. The van der Waals surface area contributed by atoms with Gasteiger partial charge in [0.1, 0.15) is 0 Å². The van der Waals surface area contributed by atoms with Crippen LogP contribution < -0.4 is 10.1 Å². The van der Waals surface area contributed by atoms with Gasteiger partial charge in [0, 0.05) is 17.1 Å². The van der Waals surface area contributed by atoms with Crippen molar-refractivity contribution in [1.82, 2.24) is 0 Å². The Morgan fingerprint density at radius 1 is 1.30 bits per heavy atom. The second-order valence-corrected chi connectivity index (χ2v) is 4.40. The maximum absolute atomic E-state index is 12.1. The minimum Gasteiger partial charge on any atom is -0.504 e. The quantitative estimate of drug-likeness (QED) is 0.849. The average molecular weight is 292 g/mol. The number of methoxy groups -OCH3 is 1. The SMILES string of the molecule is COc1ccc(C(=O)Nc2ccccc2CCl)cc1O. The van der Waals surface area contributed by atoms with E-state index in [1.807, 2.05) is 18.2 Å². The lowest BCUT2D eigenvalue weighted by Gasteiger charge is -2.10. The Hall–Kier alpha value is -2.20. The highest BCUT2D eigenvalue weighted by Gasteiger charge is 2.11. The van der Waals surface area contributed by atoms with E-state index in [0.29, 0.717) is 22.9 Å². The lowest BCUT2D eigenvalue weighted by molar-refractivity contribution is 0.102. The van der Waals surface area contributed by atoms with Crippen molar-refractivity contribution in [3.8, 4) is 11.5 Å². The molecular formula is C15H14ClNO3. The van der Waals surface area contributed by atoms with E-state index < -0.39 is 0 Å². The minimum absolute atomic E-state index is 0.0780. The Bertz CT molecular complexity index is 628. The molecule has 0 fully saturated rings. The second-order valence-electron chi connectivity index (χ2n) is 4.13. The highest BCUT2D eigenvalue weighted by Crippen LogP contribution is 2.27. The number of phenols is 1. The number of rotatable bonds is 4. The molecule has 0 atom stereocenters. The van der Waals surface area contributed by atoms with Crippen molar-refractivity contribution in [3.05, 3.63) is 53.6 Å². The first-order valence-corrected chi connectivity index (χ1v) is 6.51. The van der Waals surface area contributed by atoms with Crippen LogP contribution in [0.15, 0.2) is 42.5 Å². The maximum Gasteiger partial charge on any atom is 0.255 e. The molecule has 5 heteroatoms. The van der Waals surface area contributed by atoms with Crippen molar-refractivity contribution in [3.63, 3.8) is 0 Å². The molecule has 0 saturated carbocycles. The van der Waals surface area contributed by atoms with E-state index in [1.54, 1.807) is 12.1 Å². The number of hydrogen-bond donors (Lipinski definition) is 2. The van der Waals surface area contributed by atoms with Crippen molar-refractivity contribution >= 4 is 23.2 Å². The van der Waals surface area contributed by atoms with Crippen LogP contribution in [-0.2, 0) is 5.88 Å². The van der Waals surface area contributed by atoms with Gasteiger partial charge in [0.25, 0.3) is 5.91 Å². The number of carbonyl (C=O) groups is 1. The zero-order valence-electron chi connectivity index (χ0n) is 10.9. The molecule has 2 aromatic carbocycles. The number of para-hydroxylation sites is 1. The fourth-order valence-electron chi connectivity index (χ4n) is 1.78. The number of ether oxygens (including phenoxy) is 1. The molecule has 104 valence electrons. The zero-order chi connectivity index (χ0) is 14.5. The zero-order valence-corrected chi connectivity index (χ0v) is 11.6. The number of phenolic OH excluding ortho intramolecular Hbond substituents is 1. The van der Waals surface area contributed by atoms with Gasteiger partial charge in [0.05, 0.1) is 7.11 Å². The van der Waals surface area contributed by atoms with E-state index >= 15 is 0 Å². The number of anilines is 1. The van der Waals surface area contributed by atoms with E-state index in [0.717, 1.165) is 5.56 Å². The van der Waals surface area contributed by atoms with Gasteiger partial charge in [-0.2, -0.15) is 0 Å². The van der Waals surface area contributed by atoms with E-state index in [1.165, 1.54) is 19.2 Å². The predicted octanol–water partition coefficient (Wildman–Crippen LogP) is 3.39. The number of amides is 1. The van der Waals surface area contributed by atoms with Gasteiger partial charge in [0.15, 0.2) is 11.5 Å². The van der Waals surface area contributed by atoms with Gasteiger partial charge in [-0.1, -0.05) is 18.2 Å². The first kappa shape index (κ1) is 14.2. The molecule has 0 aliphatic carbocycles. The number of hydrogen-bond acceptors (Lipinski definition) is 3. The molecule has 2 N–H and O–H groups in total. The van der Waals surface area contributed by atoms with Crippen LogP contribution in [0.5, 0.6) is 11.5 Å². The first-order valence-electron chi connectivity index (χ1n) is 5.98. The summed E-state index contributed by atoms with van der Waals surface area (Å²) in [6.07, 6.45) is 0. The first-order chi connectivity index (χ1) is 9.65. The summed E-state index contributed by atoms with van der Waals surface area (Å²) in [4.78, 5) is 12.1. The van der Waals surface area contributed by atoms with E-state index in [4.69, 9.17) is 16.3 Å². The van der Waals surface area contributed by atoms with Gasteiger partial charge in [-0.3, -0.25) is 4.79 Å². The Balaban J connectivity index is 2.22. The van der Waals surface area contributed by atoms with Crippen LogP contribution >= 0.6 is 11.6 Å². The smallest absolute Gasteiger partial charge is 0.255 e. The maximum atomic E-state index is 12.1. The lowest BCUT2D eigenvalue weighted by atomic mass is 10.1. The van der Waals surface area contributed by atoms with E-state index in [9.17, 15) is 9.90 Å². The van der Waals surface area contributed by atoms with E-state index in [-0.39, 0.29) is 11.7 Å². The molecule has 0 aliphatic rings. The van der Waals surface area contributed by atoms with Crippen molar-refractivity contribution in [2.75, 3.05) is 12.4 Å². The van der Waals surface area contributed by atoms with Crippen molar-refractivity contribution < 1.29 is 14.6 Å². The molecule has 0 radical (unpaired) electrons. The molecule has 1 amide bonds. The number of alkyl halides is 1. The van der Waals surface area contributed by atoms with Crippen LogP contribution in [-0.4, -0.2) is 18.1 Å². The van der Waals surface area contributed by atoms with Gasteiger partial charge < -0.3 is 15.2 Å². The Labute approximate surface area is 122 Å². The molecule has 0 aromatic heterocycles. The molecule has 0 aliphatic heterocycles. The number of halogens is 1. The third-order valence-corrected chi connectivity index (χ3v) is 3.14. The van der Waals surface area contributed by atoms with Crippen LogP contribution in [0, 0.1) is 0 Å². The molecule has 0 saturated heterocycles. The molecule has 2 aromatic rings. The van der Waals surface area contributed by atoms with E-state index in [2.05, 4.69) is 5.32 Å². The summed E-state index contributed by atoms with van der Waals surface area (Å²) in [7, 11) is 1.45. The number of nitrogens with one attached hydrogen (secondary N) is 1. The summed E-state index contributed by atoms with van der Waals surface area (Å²) in [5, 5.41) is 12.4. The summed E-state index contributed by atoms with van der Waals surface area (Å²) in [6.45, 7) is 0. The Morgan fingerprint density at radius 2 is 2.05 bits per heavy atom. The molecular weight excluding hydrogens is 278 g/mol. The number of benzene rings is 2. The molecule has 4 nitrogen and oxygen atoms in total. The predicted molar refractivity (Wildman–Crippen MR) is 78.6 cm³/mol. The molecule has 0 bridgehead atoms. The van der Waals surface area contributed by atoms with Gasteiger partial charge >= 0.3 is 0 Å². The molecule has 0 unspecified atom stereocenters. The number of carbonyl (C=O) groups excluding carboxylic acids is 1. The van der Waals surface area contributed by atoms with Crippen molar-refractivity contribution in [2.45, 2.75) is 5.88 Å². The number of aromatic hydroxyl groups is 1. The third kappa shape index (κ3) is 3.03. The monoisotopic (exact) mass is 291 g/mol. The molecule has 2 rings (SSSR count). The highest BCUT2D eigenvalue weighted by atomic mass is 35.5. The fourth-order valence-corrected chi connectivity index (χ4v) is 2.02. The Morgan fingerprint density at radius 3 is 2.70 bits per heavy atom. The molecule has 0 spiro atoms. The highest BCUT2D eigenvalue weighted by molar-refractivity contribution is 6.17. The van der Waals surface area contributed by atoms with Gasteiger partial charge in [-0.25, -0.2) is 0 Å². The van der Waals surface area contributed by atoms with Crippen LogP contribution in [0.25, 0.3) is 0 Å². The fraction of sp³-hybridized carbons (Fsp3) is 0.133. The van der Waals surface area contributed by atoms with Gasteiger partial charge in [-0.05, 0) is 29.8 Å². The topological polar surface area (TPSA) is 58.6 Å². The Kier molecular flexibility index (Phi) is 4.48. The summed E-state index contributed by atoms with van der Waals surface area (Å²) >= 11 is 5.82. The van der Waals surface area contributed by atoms with Crippen LogP contribution in [0.1, 0.15) is 15.9 Å². The standard InChI is InChI=1S/C15H14ClNO3/c1-20-14-7-6-10(8-13(14)18)15(19)17-12-5-3-2-4-11(12)9-16/h2-8,18H,9H2,1H3,(H,17,19).